The summed E-state index contributed by atoms with van der Waals surface area (Å²) in [6.45, 7) is 5.86. The van der Waals surface area contributed by atoms with Gasteiger partial charge in [-0.05, 0) is 20.3 Å². The highest BCUT2D eigenvalue weighted by Crippen LogP contribution is 2.17. The first kappa shape index (κ1) is 12.1. The van der Waals surface area contributed by atoms with Crippen molar-refractivity contribution in [3.8, 4) is 0 Å². The van der Waals surface area contributed by atoms with Crippen LogP contribution in [-0.2, 0) is 4.79 Å². The second kappa shape index (κ2) is 5.23. The molecule has 0 aliphatic carbocycles. The molecule has 0 aliphatic heterocycles. The van der Waals surface area contributed by atoms with E-state index in [-0.39, 0.29) is 6.04 Å². The molecule has 0 bridgehead atoms. The normalized spacial score (nSPS) is 14.9. The van der Waals surface area contributed by atoms with E-state index < -0.39 is 12.0 Å². The van der Waals surface area contributed by atoms with Crippen molar-refractivity contribution in [3.05, 3.63) is 16.1 Å². The topological polar surface area (TPSA) is 62.2 Å². The van der Waals surface area contributed by atoms with Crippen LogP contribution in [0.1, 0.15) is 37.0 Å². The van der Waals surface area contributed by atoms with Crippen LogP contribution in [0.25, 0.3) is 0 Å². The van der Waals surface area contributed by atoms with E-state index in [4.69, 9.17) is 5.11 Å². The molecule has 1 rings (SSSR count). The van der Waals surface area contributed by atoms with Crippen molar-refractivity contribution in [3.63, 3.8) is 0 Å². The van der Waals surface area contributed by atoms with Crippen LogP contribution in [0.3, 0.4) is 0 Å². The molecule has 0 saturated carbocycles. The number of carbonyl (C=O) groups is 1. The van der Waals surface area contributed by atoms with E-state index in [1.807, 2.05) is 20.8 Å². The number of hydrogen-bond acceptors (Lipinski definition) is 4. The van der Waals surface area contributed by atoms with Gasteiger partial charge >= 0.3 is 5.97 Å². The molecular weight excluding hydrogens is 212 g/mol. The minimum absolute atomic E-state index is 0.174. The molecule has 0 fully saturated rings. The molecule has 0 radical (unpaired) electrons. The van der Waals surface area contributed by atoms with Crippen LogP contribution in [0.2, 0.25) is 0 Å². The van der Waals surface area contributed by atoms with Gasteiger partial charge < -0.3 is 5.11 Å². The molecule has 2 unspecified atom stereocenters. The van der Waals surface area contributed by atoms with E-state index >= 15 is 0 Å². The van der Waals surface area contributed by atoms with Crippen LogP contribution in [0, 0.1) is 6.92 Å². The van der Waals surface area contributed by atoms with Crippen molar-refractivity contribution in [2.75, 3.05) is 0 Å². The lowest BCUT2D eigenvalue weighted by molar-refractivity contribution is -0.140. The summed E-state index contributed by atoms with van der Waals surface area (Å²) in [6.07, 6.45) is 0.896. The van der Waals surface area contributed by atoms with E-state index in [1.54, 1.807) is 5.38 Å². The van der Waals surface area contributed by atoms with Gasteiger partial charge in [0.25, 0.3) is 0 Å². The lowest BCUT2D eigenvalue weighted by Crippen LogP contribution is -2.35. The quantitative estimate of drug-likeness (QED) is 0.808. The SMILES string of the molecule is CCC(C)NC(C(=O)O)c1csc(C)n1. The molecule has 2 atom stereocenters. The number of hydrogen-bond donors (Lipinski definition) is 2. The zero-order chi connectivity index (χ0) is 11.4. The van der Waals surface area contributed by atoms with E-state index in [9.17, 15) is 4.79 Å². The molecule has 0 spiro atoms. The van der Waals surface area contributed by atoms with Gasteiger partial charge in [-0.25, -0.2) is 4.98 Å². The maximum Gasteiger partial charge on any atom is 0.327 e. The van der Waals surface area contributed by atoms with Gasteiger partial charge in [0, 0.05) is 11.4 Å². The molecule has 5 heteroatoms. The van der Waals surface area contributed by atoms with Crippen molar-refractivity contribution < 1.29 is 9.90 Å². The van der Waals surface area contributed by atoms with Gasteiger partial charge in [-0.3, -0.25) is 10.1 Å². The van der Waals surface area contributed by atoms with Crippen LogP contribution in [-0.4, -0.2) is 22.1 Å². The molecule has 1 heterocycles. The number of nitrogens with zero attached hydrogens (tertiary/aromatic N) is 1. The molecule has 0 aromatic carbocycles. The minimum Gasteiger partial charge on any atom is -0.480 e. The van der Waals surface area contributed by atoms with Crippen molar-refractivity contribution >= 4 is 17.3 Å². The molecule has 0 amide bonds. The summed E-state index contributed by atoms with van der Waals surface area (Å²) >= 11 is 1.47. The molecule has 0 saturated heterocycles. The zero-order valence-corrected chi connectivity index (χ0v) is 9.97. The number of rotatable bonds is 5. The number of thiazole rings is 1. The number of aliphatic carboxylic acids is 1. The average Bonchev–Trinajstić information content (AvgIpc) is 2.60. The van der Waals surface area contributed by atoms with Crippen LogP contribution in [0.4, 0.5) is 0 Å². The van der Waals surface area contributed by atoms with Gasteiger partial charge in [-0.15, -0.1) is 11.3 Å². The van der Waals surface area contributed by atoms with E-state index in [1.165, 1.54) is 11.3 Å². The van der Waals surface area contributed by atoms with E-state index in [2.05, 4.69) is 10.3 Å². The van der Waals surface area contributed by atoms with Gasteiger partial charge in [0.05, 0.1) is 10.7 Å². The van der Waals surface area contributed by atoms with Gasteiger partial charge in [0.1, 0.15) is 6.04 Å². The Morgan fingerprint density at radius 1 is 1.73 bits per heavy atom. The Bertz CT molecular complexity index is 338. The molecule has 84 valence electrons. The monoisotopic (exact) mass is 228 g/mol. The summed E-state index contributed by atoms with van der Waals surface area (Å²) in [5, 5.41) is 14.8. The Morgan fingerprint density at radius 3 is 2.80 bits per heavy atom. The fraction of sp³-hybridized carbons (Fsp3) is 0.600. The molecular formula is C10H16N2O2S. The number of carboxylic acids is 1. The predicted molar refractivity (Wildman–Crippen MR) is 60.1 cm³/mol. The summed E-state index contributed by atoms with van der Waals surface area (Å²) in [7, 11) is 0. The van der Waals surface area contributed by atoms with Crippen molar-refractivity contribution in [2.24, 2.45) is 0 Å². The Labute approximate surface area is 93.4 Å². The van der Waals surface area contributed by atoms with Gasteiger partial charge in [-0.2, -0.15) is 0 Å². The molecule has 1 aromatic rings. The van der Waals surface area contributed by atoms with Gasteiger partial charge in [0.2, 0.25) is 0 Å². The highest BCUT2D eigenvalue weighted by Gasteiger charge is 2.23. The predicted octanol–water partition coefficient (Wildman–Crippen LogP) is 1.97. The van der Waals surface area contributed by atoms with Crippen molar-refractivity contribution in [1.29, 1.82) is 0 Å². The van der Waals surface area contributed by atoms with Crippen LogP contribution in [0.5, 0.6) is 0 Å². The Hall–Kier alpha value is -0.940. The summed E-state index contributed by atoms with van der Waals surface area (Å²) in [5.74, 6) is -0.874. The zero-order valence-electron chi connectivity index (χ0n) is 9.15. The third kappa shape index (κ3) is 3.28. The third-order valence-corrected chi connectivity index (χ3v) is 3.03. The number of carboxylic acid groups (broad SMARTS) is 1. The maximum absolute atomic E-state index is 11.1. The highest BCUT2D eigenvalue weighted by atomic mass is 32.1. The number of nitrogens with one attached hydrogen (secondary N) is 1. The van der Waals surface area contributed by atoms with Gasteiger partial charge in [-0.1, -0.05) is 6.92 Å². The fourth-order valence-corrected chi connectivity index (χ4v) is 1.84. The fourth-order valence-electron chi connectivity index (χ4n) is 1.20. The highest BCUT2D eigenvalue weighted by molar-refractivity contribution is 7.09. The smallest absolute Gasteiger partial charge is 0.327 e. The summed E-state index contributed by atoms with van der Waals surface area (Å²) < 4.78 is 0. The van der Waals surface area contributed by atoms with Gasteiger partial charge in [0.15, 0.2) is 0 Å². The van der Waals surface area contributed by atoms with E-state index in [0.717, 1.165) is 11.4 Å². The largest absolute Gasteiger partial charge is 0.480 e. The van der Waals surface area contributed by atoms with Crippen LogP contribution >= 0.6 is 11.3 Å². The van der Waals surface area contributed by atoms with Crippen LogP contribution in [0.15, 0.2) is 5.38 Å². The van der Waals surface area contributed by atoms with Crippen LogP contribution < -0.4 is 5.32 Å². The first-order chi connectivity index (χ1) is 7.04. The van der Waals surface area contributed by atoms with Crippen molar-refractivity contribution in [1.82, 2.24) is 10.3 Å². The molecule has 0 aliphatic rings. The standard InChI is InChI=1S/C10H16N2O2S/c1-4-6(2)11-9(10(13)14)8-5-15-7(3)12-8/h5-6,9,11H,4H2,1-3H3,(H,13,14). The van der Waals surface area contributed by atoms with Crippen molar-refractivity contribution in [2.45, 2.75) is 39.3 Å². The molecule has 15 heavy (non-hydrogen) atoms. The lowest BCUT2D eigenvalue weighted by atomic mass is 10.1. The first-order valence-corrected chi connectivity index (χ1v) is 5.83. The molecule has 4 nitrogen and oxygen atoms in total. The average molecular weight is 228 g/mol. The third-order valence-electron chi connectivity index (χ3n) is 2.24. The summed E-state index contributed by atoms with van der Waals surface area (Å²) in [6, 6.07) is -0.516. The number of aryl methyl sites for hydroxylation is 1. The van der Waals surface area contributed by atoms with E-state index in [0.29, 0.717) is 5.69 Å². The second-order valence-corrected chi connectivity index (χ2v) is 4.60. The lowest BCUT2D eigenvalue weighted by Gasteiger charge is -2.17. The second-order valence-electron chi connectivity index (χ2n) is 3.54. The maximum atomic E-state index is 11.1. The Morgan fingerprint density at radius 2 is 2.40 bits per heavy atom. The Balaban J connectivity index is 2.79. The Kier molecular flexibility index (Phi) is 4.23. The molecule has 2 N–H and O–H groups in total. The molecule has 1 aromatic heterocycles. The first-order valence-electron chi connectivity index (χ1n) is 4.95. The summed E-state index contributed by atoms with van der Waals surface area (Å²) in [5.41, 5.74) is 0.602. The number of aromatic nitrogens is 1. The summed E-state index contributed by atoms with van der Waals surface area (Å²) in [4.78, 5) is 15.3. The minimum atomic E-state index is -0.874.